The summed E-state index contributed by atoms with van der Waals surface area (Å²) in [6.45, 7) is 10.5. The van der Waals surface area contributed by atoms with Crippen molar-refractivity contribution < 1.29 is 14.3 Å². The smallest absolute Gasteiger partial charge is 0.319 e. The average molecular weight is 419 g/mol. The zero-order chi connectivity index (χ0) is 22.3. The van der Waals surface area contributed by atoms with Gasteiger partial charge >= 0.3 is 6.03 Å². The van der Waals surface area contributed by atoms with Gasteiger partial charge in [0.2, 0.25) is 5.91 Å². The maximum atomic E-state index is 13.2. The summed E-state index contributed by atoms with van der Waals surface area (Å²) < 4.78 is 5.81. The summed E-state index contributed by atoms with van der Waals surface area (Å²) in [6, 6.07) is 5.59. The summed E-state index contributed by atoms with van der Waals surface area (Å²) in [6.07, 6.45) is 2.60. The minimum absolute atomic E-state index is 0.0854. The van der Waals surface area contributed by atoms with Crippen LogP contribution in [0.3, 0.4) is 0 Å². The first-order valence-corrected chi connectivity index (χ1v) is 10.8. The first-order valence-electron chi connectivity index (χ1n) is 10.8. The average Bonchev–Trinajstić information content (AvgIpc) is 3.13. The fraction of sp³-hybridized carbons (Fsp3) is 0.652. The minimum atomic E-state index is -0.235. The summed E-state index contributed by atoms with van der Waals surface area (Å²) >= 11 is 0. The van der Waals surface area contributed by atoms with Gasteiger partial charge in [-0.3, -0.25) is 4.79 Å². The molecule has 0 aliphatic carbocycles. The molecule has 2 N–H and O–H groups in total. The second-order valence-electron chi connectivity index (χ2n) is 9.37. The lowest BCUT2D eigenvalue weighted by molar-refractivity contribution is -0.135. The summed E-state index contributed by atoms with van der Waals surface area (Å²) in [5.74, 6) is 0.129. The summed E-state index contributed by atoms with van der Waals surface area (Å²) in [5, 5.41) is 5.61. The van der Waals surface area contributed by atoms with E-state index in [1.165, 1.54) is 0 Å². The van der Waals surface area contributed by atoms with Crippen LogP contribution in [0.2, 0.25) is 0 Å². The van der Waals surface area contributed by atoms with Crippen molar-refractivity contribution in [1.29, 1.82) is 0 Å². The van der Waals surface area contributed by atoms with Gasteiger partial charge in [0.15, 0.2) is 0 Å². The van der Waals surface area contributed by atoms with Crippen LogP contribution in [-0.4, -0.2) is 56.7 Å². The maximum absolute atomic E-state index is 13.2. The molecule has 7 nitrogen and oxygen atoms in total. The molecular weight excluding hydrogens is 380 g/mol. The summed E-state index contributed by atoms with van der Waals surface area (Å²) in [4.78, 5) is 29.1. The number of nitrogens with one attached hydrogen (secondary N) is 2. The van der Waals surface area contributed by atoms with Gasteiger partial charge in [-0.15, -0.1) is 0 Å². The molecule has 0 aromatic heterocycles. The van der Waals surface area contributed by atoms with Gasteiger partial charge in [0, 0.05) is 58.1 Å². The molecule has 1 aliphatic rings. The molecule has 1 unspecified atom stereocenters. The van der Waals surface area contributed by atoms with Crippen LogP contribution >= 0.6 is 0 Å². The standard InChI is InChI=1S/C23H38N4O3/c1-7-24-22(29)25-18-10-11-20(26(5)6)17(13-18)15-27(16-19-9-8-12-30-19)21(28)14-23(2,3)4/h10-11,13,19H,7-9,12,14-16H2,1-6H3,(H2,24,25,29). The highest BCUT2D eigenvalue weighted by Crippen LogP contribution is 2.27. The van der Waals surface area contributed by atoms with Crippen LogP contribution in [-0.2, 0) is 16.1 Å². The van der Waals surface area contributed by atoms with Gasteiger partial charge in [-0.2, -0.15) is 0 Å². The van der Waals surface area contributed by atoms with E-state index in [9.17, 15) is 9.59 Å². The fourth-order valence-corrected chi connectivity index (χ4v) is 3.62. The van der Waals surface area contributed by atoms with Crippen molar-refractivity contribution in [2.75, 3.05) is 44.0 Å². The first kappa shape index (κ1) is 24.0. The Morgan fingerprint density at radius 1 is 1.23 bits per heavy atom. The number of rotatable bonds is 8. The predicted molar refractivity (Wildman–Crippen MR) is 122 cm³/mol. The molecule has 0 spiro atoms. The topological polar surface area (TPSA) is 73.9 Å². The van der Waals surface area contributed by atoms with Gasteiger partial charge in [-0.25, -0.2) is 4.79 Å². The van der Waals surface area contributed by atoms with Crippen molar-refractivity contribution in [2.24, 2.45) is 5.41 Å². The third kappa shape index (κ3) is 7.52. The number of nitrogens with zero attached hydrogens (tertiary/aromatic N) is 2. The Morgan fingerprint density at radius 3 is 2.53 bits per heavy atom. The molecule has 0 radical (unpaired) electrons. The number of amides is 3. The zero-order valence-corrected chi connectivity index (χ0v) is 19.4. The highest BCUT2D eigenvalue weighted by Gasteiger charge is 2.26. The van der Waals surface area contributed by atoms with E-state index in [2.05, 4.69) is 31.4 Å². The van der Waals surface area contributed by atoms with Crippen LogP contribution in [0.25, 0.3) is 0 Å². The van der Waals surface area contributed by atoms with Gasteiger partial charge in [0.1, 0.15) is 0 Å². The molecule has 1 aromatic carbocycles. The number of carbonyl (C=O) groups is 2. The minimum Gasteiger partial charge on any atom is -0.377 e. The Kier molecular flexibility index (Phi) is 8.53. The number of carbonyl (C=O) groups excluding carboxylic acids is 2. The Morgan fingerprint density at radius 2 is 1.97 bits per heavy atom. The third-order valence-electron chi connectivity index (χ3n) is 5.00. The number of anilines is 2. The van der Waals surface area contributed by atoms with Gasteiger partial charge in [0.05, 0.1) is 6.10 Å². The molecule has 1 fully saturated rings. The summed E-state index contributed by atoms with van der Waals surface area (Å²) in [5.41, 5.74) is 2.64. The molecule has 7 heteroatoms. The van der Waals surface area contributed by atoms with Crippen molar-refractivity contribution in [1.82, 2.24) is 10.2 Å². The number of hydrogen-bond donors (Lipinski definition) is 2. The van der Waals surface area contributed by atoms with Gasteiger partial charge < -0.3 is 25.2 Å². The fourth-order valence-electron chi connectivity index (χ4n) is 3.62. The van der Waals surface area contributed by atoms with E-state index in [1.54, 1.807) is 0 Å². The van der Waals surface area contributed by atoms with E-state index in [1.807, 2.05) is 49.0 Å². The largest absolute Gasteiger partial charge is 0.377 e. The Hall–Kier alpha value is -2.28. The number of benzene rings is 1. The van der Waals surface area contributed by atoms with E-state index in [-0.39, 0.29) is 23.5 Å². The van der Waals surface area contributed by atoms with Crippen LogP contribution in [0.4, 0.5) is 16.2 Å². The predicted octanol–water partition coefficient (Wildman–Crippen LogP) is 3.84. The molecule has 168 valence electrons. The molecule has 1 saturated heterocycles. The number of ether oxygens (including phenoxy) is 1. The monoisotopic (exact) mass is 418 g/mol. The van der Waals surface area contributed by atoms with Gasteiger partial charge in [0.25, 0.3) is 0 Å². The summed E-state index contributed by atoms with van der Waals surface area (Å²) in [7, 11) is 3.97. The molecule has 30 heavy (non-hydrogen) atoms. The van der Waals surface area contributed by atoms with Crippen LogP contribution in [0.5, 0.6) is 0 Å². The SMILES string of the molecule is CCNC(=O)Nc1ccc(N(C)C)c(CN(CC2CCCO2)C(=O)CC(C)(C)C)c1. The van der Waals surface area contributed by atoms with Crippen LogP contribution in [0.1, 0.15) is 52.5 Å². The molecule has 1 atom stereocenters. The molecule has 2 rings (SSSR count). The van der Waals surface area contributed by atoms with E-state index in [0.717, 1.165) is 30.7 Å². The van der Waals surface area contributed by atoms with Crippen LogP contribution in [0.15, 0.2) is 18.2 Å². The van der Waals surface area contributed by atoms with E-state index < -0.39 is 0 Å². The molecule has 3 amide bonds. The lowest BCUT2D eigenvalue weighted by atomic mass is 9.91. The van der Waals surface area contributed by atoms with Crippen molar-refractivity contribution >= 4 is 23.3 Å². The Labute approximate surface area is 181 Å². The third-order valence-corrected chi connectivity index (χ3v) is 5.00. The zero-order valence-electron chi connectivity index (χ0n) is 19.4. The number of hydrogen-bond acceptors (Lipinski definition) is 4. The number of urea groups is 1. The van der Waals surface area contributed by atoms with Crippen molar-refractivity contribution in [3.05, 3.63) is 23.8 Å². The first-order chi connectivity index (χ1) is 14.1. The molecule has 1 aromatic rings. The van der Waals surface area contributed by atoms with Gasteiger partial charge in [-0.1, -0.05) is 20.8 Å². The molecule has 0 saturated carbocycles. The molecule has 0 bridgehead atoms. The second kappa shape index (κ2) is 10.7. The second-order valence-corrected chi connectivity index (χ2v) is 9.37. The van der Waals surface area contributed by atoms with E-state index in [0.29, 0.717) is 31.7 Å². The van der Waals surface area contributed by atoms with E-state index in [4.69, 9.17) is 4.74 Å². The normalized spacial score (nSPS) is 16.3. The lowest BCUT2D eigenvalue weighted by Crippen LogP contribution is -2.38. The van der Waals surface area contributed by atoms with Gasteiger partial charge in [-0.05, 0) is 48.9 Å². The molecule has 1 heterocycles. The highest BCUT2D eigenvalue weighted by atomic mass is 16.5. The molecule has 1 aliphatic heterocycles. The Balaban J connectivity index is 2.27. The van der Waals surface area contributed by atoms with Crippen LogP contribution < -0.4 is 15.5 Å². The van der Waals surface area contributed by atoms with Crippen molar-refractivity contribution in [3.8, 4) is 0 Å². The Bertz CT molecular complexity index is 722. The van der Waals surface area contributed by atoms with Crippen LogP contribution in [0, 0.1) is 5.41 Å². The lowest BCUT2D eigenvalue weighted by Gasteiger charge is -2.30. The van der Waals surface area contributed by atoms with Crippen molar-refractivity contribution in [3.63, 3.8) is 0 Å². The van der Waals surface area contributed by atoms with Crippen molar-refractivity contribution in [2.45, 2.75) is 59.6 Å². The van der Waals surface area contributed by atoms with E-state index >= 15 is 0 Å². The molecular formula is C23H38N4O3. The quantitative estimate of drug-likeness (QED) is 0.673. The highest BCUT2D eigenvalue weighted by molar-refractivity contribution is 5.89. The maximum Gasteiger partial charge on any atom is 0.319 e.